The van der Waals surface area contributed by atoms with Gasteiger partial charge in [-0.3, -0.25) is 9.59 Å². The van der Waals surface area contributed by atoms with Crippen LogP contribution in [0.15, 0.2) is 39.5 Å². The maximum atomic E-state index is 12.6. The topological polar surface area (TPSA) is 95.7 Å². The molecular formula is C17H13NO6. The van der Waals surface area contributed by atoms with E-state index in [2.05, 4.69) is 9.72 Å². The second kappa shape index (κ2) is 6.11. The highest BCUT2D eigenvalue weighted by Gasteiger charge is 2.20. The van der Waals surface area contributed by atoms with E-state index in [1.165, 1.54) is 20.3 Å². The van der Waals surface area contributed by atoms with E-state index in [1.807, 2.05) is 0 Å². The summed E-state index contributed by atoms with van der Waals surface area (Å²) in [5, 5.41) is 0.519. The van der Waals surface area contributed by atoms with Gasteiger partial charge in [-0.1, -0.05) is 12.1 Å². The minimum Gasteiger partial charge on any atom is -0.469 e. The molecule has 0 spiro atoms. The van der Waals surface area contributed by atoms with E-state index < -0.39 is 11.9 Å². The lowest BCUT2D eigenvalue weighted by Crippen LogP contribution is -2.15. The standard InChI is InChI=1S/C17H13NO6/c1-22-14(19)8-12-10(17(21)23-2)7-11-15(20)9-5-3-4-6-13(9)24-16(11)18-12/h3-7H,8H2,1-2H3. The molecule has 7 heteroatoms. The van der Waals surface area contributed by atoms with Gasteiger partial charge in [0.15, 0.2) is 0 Å². The summed E-state index contributed by atoms with van der Waals surface area (Å²) in [5.41, 5.74) is 0.259. The van der Waals surface area contributed by atoms with Gasteiger partial charge in [0.1, 0.15) is 5.58 Å². The number of rotatable bonds is 3. The van der Waals surface area contributed by atoms with Crippen molar-refractivity contribution in [2.75, 3.05) is 14.2 Å². The molecule has 0 N–H and O–H groups in total. The number of ether oxygens (including phenoxy) is 2. The maximum Gasteiger partial charge on any atom is 0.339 e. The second-order valence-corrected chi connectivity index (χ2v) is 5.01. The highest BCUT2D eigenvalue weighted by Crippen LogP contribution is 2.20. The molecule has 0 amide bonds. The van der Waals surface area contributed by atoms with E-state index in [0.717, 1.165) is 0 Å². The van der Waals surface area contributed by atoms with Gasteiger partial charge < -0.3 is 13.9 Å². The molecule has 0 atom stereocenters. The Bertz CT molecular complexity index is 1020. The first-order valence-corrected chi connectivity index (χ1v) is 7.05. The highest BCUT2D eigenvalue weighted by atomic mass is 16.5. The number of carbonyl (C=O) groups excluding carboxylic acids is 2. The first-order chi connectivity index (χ1) is 11.5. The number of para-hydroxylation sites is 1. The number of pyridine rings is 1. The zero-order valence-electron chi connectivity index (χ0n) is 13.0. The fourth-order valence-electron chi connectivity index (χ4n) is 2.40. The molecule has 2 aromatic heterocycles. The predicted octanol–water partition coefficient (Wildman–Crippen LogP) is 1.84. The lowest BCUT2D eigenvalue weighted by molar-refractivity contribution is -0.139. The van der Waals surface area contributed by atoms with Crippen molar-refractivity contribution in [3.63, 3.8) is 0 Å². The van der Waals surface area contributed by atoms with Gasteiger partial charge in [0, 0.05) is 0 Å². The molecule has 0 unspecified atom stereocenters. The van der Waals surface area contributed by atoms with Crippen LogP contribution in [0.1, 0.15) is 16.1 Å². The number of benzene rings is 1. The van der Waals surface area contributed by atoms with Crippen molar-refractivity contribution < 1.29 is 23.5 Å². The van der Waals surface area contributed by atoms with Crippen LogP contribution in [-0.2, 0) is 20.7 Å². The van der Waals surface area contributed by atoms with Crippen LogP contribution in [0.25, 0.3) is 22.1 Å². The highest BCUT2D eigenvalue weighted by molar-refractivity contribution is 5.97. The second-order valence-electron chi connectivity index (χ2n) is 5.01. The summed E-state index contributed by atoms with van der Waals surface area (Å²) in [6.45, 7) is 0. The average molecular weight is 327 g/mol. The van der Waals surface area contributed by atoms with Crippen LogP contribution in [0, 0.1) is 0 Å². The maximum absolute atomic E-state index is 12.6. The Morgan fingerprint density at radius 1 is 1.12 bits per heavy atom. The van der Waals surface area contributed by atoms with Gasteiger partial charge >= 0.3 is 11.9 Å². The van der Waals surface area contributed by atoms with Gasteiger partial charge in [-0.25, -0.2) is 9.78 Å². The monoisotopic (exact) mass is 327 g/mol. The van der Waals surface area contributed by atoms with Gasteiger partial charge in [0.05, 0.1) is 42.7 Å². The largest absolute Gasteiger partial charge is 0.469 e. The Labute approximate surface area is 135 Å². The van der Waals surface area contributed by atoms with Crippen LogP contribution in [0.5, 0.6) is 0 Å². The van der Waals surface area contributed by atoms with Crippen molar-refractivity contribution in [2.45, 2.75) is 6.42 Å². The molecule has 122 valence electrons. The van der Waals surface area contributed by atoms with Crippen LogP contribution < -0.4 is 5.43 Å². The van der Waals surface area contributed by atoms with E-state index >= 15 is 0 Å². The molecule has 0 fully saturated rings. The molecule has 1 aromatic carbocycles. The summed E-state index contributed by atoms with van der Waals surface area (Å²) in [5.74, 6) is -1.27. The Kier molecular flexibility index (Phi) is 3.99. The van der Waals surface area contributed by atoms with E-state index in [9.17, 15) is 14.4 Å². The third-order valence-electron chi connectivity index (χ3n) is 3.59. The van der Waals surface area contributed by atoms with Crippen molar-refractivity contribution in [3.8, 4) is 0 Å². The van der Waals surface area contributed by atoms with Gasteiger partial charge in [0.2, 0.25) is 11.1 Å². The molecule has 0 aliphatic heterocycles. The minimum absolute atomic E-state index is 0.0259. The predicted molar refractivity (Wildman–Crippen MR) is 84.8 cm³/mol. The van der Waals surface area contributed by atoms with Gasteiger partial charge in [0.25, 0.3) is 0 Å². The van der Waals surface area contributed by atoms with Crippen LogP contribution >= 0.6 is 0 Å². The first kappa shape index (κ1) is 15.7. The summed E-state index contributed by atoms with van der Waals surface area (Å²) in [7, 11) is 2.44. The molecule has 0 saturated heterocycles. The van der Waals surface area contributed by atoms with Crippen molar-refractivity contribution >= 4 is 34.0 Å². The van der Waals surface area contributed by atoms with Crippen LogP contribution in [0.2, 0.25) is 0 Å². The van der Waals surface area contributed by atoms with Crippen LogP contribution in [0.3, 0.4) is 0 Å². The molecule has 3 rings (SSSR count). The quantitative estimate of drug-likeness (QED) is 0.535. The Balaban J connectivity index is 2.33. The van der Waals surface area contributed by atoms with Crippen molar-refractivity contribution in [3.05, 3.63) is 51.8 Å². The molecular weight excluding hydrogens is 314 g/mol. The Morgan fingerprint density at radius 3 is 2.58 bits per heavy atom. The number of methoxy groups -OCH3 is 2. The van der Waals surface area contributed by atoms with E-state index in [-0.39, 0.29) is 34.2 Å². The summed E-state index contributed by atoms with van der Waals surface area (Å²) in [6.07, 6.45) is -0.243. The molecule has 0 saturated carbocycles. The zero-order valence-corrected chi connectivity index (χ0v) is 13.0. The Morgan fingerprint density at radius 2 is 1.88 bits per heavy atom. The molecule has 0 aliphatic carbocycles. The first-order valence-electron chi connectivity index (χ1n) is 7.05. The van der Waals surface area contributed by atoms with Gasteiger partial charge in [-0.15, -0.1) is 0 Å². The van der Waals surface area contributed by atoms with E-state index in [0.29, 0.717) is 11.0 Å². The molecule has 7 nitrogen and oxygen atoms in total. The number of hydrogen-bond donors (Lipinski definition) is 0. The van der Waals surface area contributed by atoms with Crippen molar-refractivity contribution in [2.24, 2.45) is 0 Å². The number of esters is 2. The third kappa shape index (κ3) is 2.60. The molecule has 0 radical (unpaired) electrons. The number of carbonyl (C=O) groups is 2. The number of aromatic nitrogens is 1. The molecule has 0 aliphatic rings. The SMILES string of the molecule is COC(=O)Cc1nc2oc3ccccc3c(=O)c2cc1C(=O)OC. The number of hydrogen-bond acceptors (Lipinski definition) is 7. The number of nitrogens with zero attached hydrogens (tertiary/aromatic N) is 1. The van der Waals surface area contributed by atoms with Crippen LogP contribution in [-0.4, -0.2) is 31.1 Å². The van der Waals surface area contributed by atoms with Crippen molar-refractivity contribution in [1.29, 1.82) is 0 Å². The Hall–Kier alpha value is -3.22. The molecule has 0 bridgehead atoms. The van der Waals surface area contributed by atoms with Gasteiger partial charge in [-0.2, -0.15) is 0 Å². The lowest BCUT2D eigenvalue weighted by Gasteiger charge is -2.08. The van der Waals surface area contributed by atoms with Crippen molar-refractivity contribution in [1.82, 2.24) is 4.98 Å². The minimum atomic E-state index is -0.698. The van der Waals surface area contributed by atoms with E-state index in [4.69, 9.17) is 9.15 Å². The van der Waals surface area contributed by atoms with Crippen LogP contribution in [0.4, 0.5) is 0 Å². The molecule has 3 aromatic rings. The summed E-state index contributed by atoms with van der Waals surface area (Å²) in [4.78, 5) is 40.3. The smallest absolute Gasteiger partial charge is 0.339 e. The summed E-state index contributed by atoms with van der Waals surface area (Å²) in [6, 6.07) is 8.05. The molecule has 2 heterocycles. The normalized spacial score (nSPS) is 10.8. The third-order valence-corrected chi connectivity index (χ3v) is 3.59. The van der Waals surface area contributed by atoms with E-state index in [1.54, 1.807) is 24.3 Å². The summed E-state index contributed by atoms with van der Waals surface area (Å²) >= 11 is 0. The number of fused-ring (bicyclic) bond motifs is 2. The lowest BCUT2D eigenvalue weighted by atomic mass is 10.1. The fraction of sp³-hybridized carbons (Fsp3) is 0.176. The zero-order chi connectivity index (χ0) is 17.3. The molecule has 24 heavy (non-hydrogen) atoms. The van der Waals surface area contributed by atoms with Gasteiger partial charge in [-0.05, 0) is 18.2 Å². The fourth-order valence-corrected chi connectivity index (χ4v) is 2.40. The summed E-state index contributed by atoms with van der Waals surface area (Å²) < 4.78 is 14.9. The average Bonchev–Trinajstić information content (AvgIpc) is 2.60.